The van der Waals surface area contributed by atoms with Crippen LogP contribution in [-0.2, 0) is 14.4 Å². The number of rotatable bonds is 8. The van der Waals surface area contributed by atoms with Crippen molar-refractivity contribution in [3.8, 4) is 0 Å². The third-order valence-electron chi connectivity index (χ3n) is 5.38. The van der Waals surface area contributed by atoms with Crippen LogP contribution in [0.4, 0.5) is 0 Å². The summed E-state index contributed by atoms with van der Waals surface area (Å²) < 4.78 is 0. The molecule has 2 aliphatic heterocycles. The number of primary amides is 1. The highest BCUT2D eigenvalue weighted by Crippen LogP contribution is 2.32. The van der Waals surface area contributed by atoms with Gasteiger partial charge in [0.15, 0.2) is 0 Å². The lowest BCUT2D eigenvalue weighted by Crippen LogP contribution is -2.60. The van der Waals surface area contributed by atoms with Gasteiger partial charge in [-0.3, -0.25) is 19.3 Å². The van der Waals surface area contributed by atoms with Gasteiger partial charge in [0.1, 0.15) is 6.04 Å². The molecular weight excluding hydrogens is 324 g/mol. The number of aliphatic hydroxyl groups excluding tert-OH is 1. The Morgan fingerprint density at radius 1 is 1.28 bits per heavy atom. The number of likely N-dealkylation sites (tertiary alicyclic amines) is 2. The fourth-order valence-electron chi connectivity index (χ4n) is 4.15. The van der Waals surface area contributed by atoms with Gasteiger partial charge in [-0.15, -0.1) is 0 Å². The van der Waals surface area contributed by atoms with Gasteiger partial charge in [-0.25, -0.2) is 0 Å². The smallest absolute Gasteiger partial charge is 0.242 e. The molecule has 0 bridgehead atoms. The quantitative estimate of drug-likeness (QED) is 0.553. The summed E-state index contributed by atoms with van der Waals surface area (Å²) >= 11 is 0. The highest BCUT2D eigenvalue weighted by Gasteiger charge is 2.45. The average Bonchev–Trinajstić information content (AvgIpc) is 3.17. The van der Waals surface area contributed by atoms with Crippen LogP contribution >= 0.6 is 0 Å². The van der Waals surface area contributed by atoms with Crippen LogP contribution in [0, 0.1) is 0 Å². The van der Waals surface area contributed by atoms with Crippen LogP contribution in [0.25, 0.3) is 0 Å². The van der Waals surface area contributed by atoms with Crippen LogP contribution in [0.5, 0.6) is 0 Å². The van der Waals surface area contributed by atoms with Gasteiger partial charge in [0.05, 0.1) is 12.6 Å². The number of nitrogens with two attached hydrogens (primary N) is 1. The first kappa shape index (κ1) is 19.7. The van der Waals surface area contributed by atoms with Gasteiger partial charge in [-0.2, -0.15) is 0 Å². The second-order valence-electron chi connectivity index (χ2n) is 7.48. The van der Waals surface area contributed by atoms with Crippen LogP contribution in [0.3, 0.4) is 0 Å². The monoisotopic (exact) mass is 354 g/mol. The maximum atomic E-state index is 12.3. The highest BCUT2D eigenvalue weighted by atomic mass is 16.3. The maximum Gasteiger partial charge on any atom is 0.242 e. The van der Waals surface area contributed by atoms with Crippen molar-refractivity contribution in [1.29, 1.82) is 0 Å². The van der Waals surface area contributed by atoms with Crippen molar-refractivity contribution in [1.82, 2.24) is 14.7 Å². The zero-order valence-corrected chi connectivity index (χ0v) is 15.2. The molecule has 0 aromatic heterocycles. The largest absolute Gasteiger partial charge is 0.391 e. The van der Waals surface area contributed by atoms with Crippen LogP contribution < -0.4 is 5.73 Å². The van der Waals surface area contributed by atoms with Gasteiger partial charge in [0, 0.05) is 25.2 Å². The van der Waals surface area contributed by atoms with E-state index < -0.39 is 23.6 Å². The van der Waals surface area contributed by atoms with E-state index in [1.54, 1.807) is 11.8 Å². The van der Waals surface area contributed by atoms with Gasteiger partial charge in [-0.1, -0.05) is 0 Å². The third-order valence-corrected chi connectivity index (χ3v) is 5.38. The minimum absolute atomic E-state index is 0.0419. The first-order valence-electron chi connectivity index (χ1n) is 9.00. The van der Waals surface area contributed by atoms with Crippen LogP contribution in [-0.4, -0.2) is 88.4 Å². The number of amides is 3. The van der Waals surface area contributed by atoms with Gasteiger partial charge in [-0.05, 0) is 46.1 Å². The average molecular weight is 354 g/mol. The predicted octanol–water partition coefficient (Wildman–Crippen LogP) is -0.844. The molecule has 0 radical (unpaired) electrons. The van der Waals surface area contributed by atoms with E-state index in [1.165, 1.54) is 4.90 Å². The summed E-state index contributed by atoms with van der Waals surface area (Å²) in [4.78, 5) is 40.8. The lowest BCUT2D eigenvalue weighted by atomic mass is 9.95. The van der Waals surface area contributed by atoms with Crippen molar-refractivity contribution in [3.63, 3.8) is 0 Å². The van der Waals surface area contributed by atoms with E-state index in [0.29, 0.717) is 19.5 Å². The van der Waals surface area contributed by atoms with E-state index in [1.807, 2.05) is 11.8 Å². The van der Waals surface area contributed by atoms with Crippen LogP contribution in [0.2, 0.25) is 0 Å². The molecule has 2 rings (SSSR count). The molecule has 2 aliphatic rings. The molecule has 0 spiro atoms. The molecule has 0 aromatic rings. The van der Waals surface area contributed by atoms with Crippen molar-refractivity contribution in [2.75, 3.05) is 32.7 Å². The first-order valence-corrected chi connectivity index (χ1v) is 9.00. The highest BCUT2D eigenvalue weighted by molar-refractivity contribution is 5.81. The Hall–Kier alpha value is -1.67. The van der Waals surface area contributed by atoms with Crippen LogP contribution in [0.15, 0.2) is 0 Å². The van der Waals surface area contributed by atoms with Gasteiger partial charge in [0.2, 0.25) is 18.2 Å². The van der Waals surface area contributed by atoms with E-state index in [2.05, 4.69) is 0 Å². The summed E-state index contributed by atoms with van der Waals surface area (Å²) in [7, 11) is 0. The Kier molecular flexibility index (Phi) is 6.40. The summed E-state index contributed by atoms with van der Waals surface area (Å²) in [6.45, 7) is 6.00. The van der Waals surface area contributed by atoms with E-state index in [9.17, 15) is 19.5 Å². The summed E-state index contributed by atoms with van der Waals surface area (Å²) in [5, 5.41) is 9.97. The lowest BCUT2D eigenvalue weighted by Gasteiger charge is -2.42. The predicted molar refractivity (Wildman–Crippen MR) is 92.5 cm³/mol. The van der Waals surface area contributed by atoms with E-state index >= 15 is 0 Å². The summed E-state index contributed by atoms with van der Waals surface area (Å²) in [5.74, 6) is -0.617. The Balaban J connectivity index is 2.06. The fourth-order valence-corrected chi connectivity index (χ4v) is 4.15. The Bertz CT molecular complexity index is 507. The molecule has 2 fully saturated rings. The molecule has 25 heavy (non-hydrogen) atoms. The lowest BCUT2D eigenvalue weighted by molar-refractivity contribution is -0.137. The topological polar surface area (TPSA) is 107 Å². The van der Waals surface area contributed by atoms with Crippen molar-refractivity contribution >= 4 is 18.2 Å². The number of nitrogens with zero attached hydrogens (tertiary/aromatic N) is 3. The van der Waals surface area contributed by atoms with Gasteiger partial charge < -0.3 is 20.6 Å². The fraction of sp³-hybridized carbons (Fsp3) is 0.824. The number of hydrogen-bond donors (Lipinski definition) is 2. The molecule has 3 unspecified atom stereocenters. The normalized spacial score (nSPS) is 26.4. The van der Waals surface area contributed by atoms with Crippen molar-refractivity contribution in [2.24, 2.45) is 5.73 Å². The van der Waals surface area contributed by atoms with Crippen molar-refractivity contribution in [2.45, 2.75) is 57.2 Å². The zero-order chi connectivity index (χ0) is 18.6. The molecule has 3 N–H and O–H groups in total. The maximum absolute atomic E-state index is 12.3. The summed E-state index contributed by atoms with van der Waals surface area (Å²) in [5.41, 5.74) is 4.98. The number of hydrogen-bond acceptors (Lipinski definition) is 5. The molecule has 2 heterocycles. The van der Waals surface area contributed by atoms with E-state index in [-0.39, 0.29) is 12.5 Å². The SMILES string of the molecule is CC(O)C(C(N)=O)N1CCCC1(C)CN(C=O)CC(=O)N1CCCC1. The Morgan fingerprint density at radius 3 is 2.44 bits per heavy atom. The summed E-state index contributed by atoms with van der Waals surface area (Å²) in [6, 6.07) is -0.796. The standard InChI is InChI=1S/C17H30N4O4/c1-13(23)15(16(18)25)21-9-5-6-17(21,2)11-19(12-22)10-14(24)20-7-3-4-8-20/h12-13,15,23H,3-11H2,1-2H3,(H2,18,25). The molecule has 0 aliphatic carbocycles. The molecule has 142 valence electrons. The number of aliphatic hydroxyl groups is 1. The van der Waals surface area contributed by atoms with Crippen LogP contribution in [0.1, 0.15) is 39.5 Å². The minimum Gasteiger partial charge on any atom is -0.391 e. The second-order valence-corrected chi connectivity index (χ2v) is 7.48. The molecule has 0 saturated carbocycles. The molecule has 2 saturated heterocycles. The molecule has 8 nitrogen and oxygen atoms in total. The summed E-state index contributed by atoms with van der Waals surface area (Å²) in [6.07, 6.45) is 3.42. The van der Waals surface area contributed by atoms with E-state index in [0.717, 1.165) is 38.8 Å². The Labute approximate surface area is 148 Å². The van der Waals surface area contributed by atoms with Crippen molar-refractivity contribution in [3.05, 3.63) is 0 Å². The molecule has 8 heteroatoms. The van der Waals surface area contributed by atoms with E-state index in [4.69, 9.17) is 5.73 Å². The van der Waals surface area contributed by atoms with Gasteiger partial charge in [0.25, 0.3) is 0 Å². The Morgan fingerprint density at radius 2 is 1.92 bits per heavy atom. The molecular formula is C17H30N4O4. The molecule has 0 aromatic carbocycles. The number of carbonyl (C=O) groups excluding carboxylic acids is 3. The third kappa shape index (κ3) is 4.49. The van der Waals surface area contributed by atoms with Crippen molar-refractivity contribution < 1.29 is 19.5 Å². The minimum atomic E-state index is -0.897. The molecule has 3 atom stereocenters. The first-order chi connectivity index (χ1) is 11.8. The molecule has 3 amide bonds. The van der Waals surface area contributed by atoms with Gasteiger partial charge >= 0.3 is 0 Å². The second kappa shape index (κ2) is 8.14. The number of carbonyl (C=O) groups is 3. The zero-order valence-electron chi connectivity index (χ0n) is 15.2.